The lowest BCUT2D eigenvalue weighted by Crippen LogP contribution is -2.02. The van der Waals surface area contributed by atoms with Gasteiger partial charge in [0.05, 0.1) is 5.52 Å². The highest BCUT2D eigenvalue weighted by Gasteiger charge is 2.13. The van der Waals surface area contributed by atoms with Gasteiger partial charge in [0.1, 0.15) is 11.0 Å². The van der Waals surface area contributed by atoms with Crippen LogP contribution in [0.15, 0.2) is 46.9 Å². The average molecular weight is 366 g/mol. The molecule has 0 aliphatic carbocycles. The van der Waals surface area contributed by atoms with Crippen molar-refractivity contribution in [3.63, 3.8) is 0 Å². The first kappa shape index (κ1) is 15.1. The molecule has 0 saturated heterocycles. The second kappa shape index (κ2) is 5.67. The third-order valence-corrected chi connectivity index (χ3v) is 4.44. The predicted octanol–water partition coefficient (Wildman–Crippen LogP) is 3.89. The summed E-state index contributed by atoms with van der Waals surface area (Å²) in [5, 5.41) is 9.94. The van der Waals surface area contributed by atoms with Crippen LogP contribution in [0.5, 0.6) is 6.01 Å². The summed E-state index contributed by atoms with van der Waals surface area (Å²) >= 11 is 5.96. The number of aromatic nitrogens is 5. The normalized spacial score (nSPS) is 11.6. The van der Waals surface area contributed by atoms with E-state index in [0.29, 0.717) is 22.1 Å². The van der Waals surface area contributed by atoms with Crippen molar-refractivity contribution < 1.29 is 9.15 Å². The molecule has 0 atom stereocenters. The van der Waals surface area contributed by atoms with Gasteiger partial charge in [0, 0.05) is 23.5 Å². The van der Waals surface area contributed by atoms with E-state index < -0.39 is 0 Å². The maximum Gasteiger partial charge on any atom is 0.338 e. The Morgan fingerprint density at radius 3 is 2.92 bits per heavy atom. The number of hydrogen-bond donors (Lipinski definition) is 0. The number of hydrogen-bond acceptors (Lipinski definition) is 6. The fraction of sp³-hybridized carbons (Fsp3) is 0.111. The molecule has 0 amide bonds. The zero-order chi connectivity index (χ0) is 17.7. The number of para-hydroxylation sites is 1. The van der Waals surface area contributed by atoms with Crippen molar-refractivity contribution in [1.29, 1.82) is 0 Å². The molecule has 3 heterocycles. The van der Waals surface area contributed by atoms with Crippen LogP contribution >= 0.6 is 11.6 Å². The molecule has 0 aliphatic rings. The third kappa shape index (κ3) is 2.36. The van der Waals surface area contributed by atoms with Gasteiger partial charge in [0.25, 0.3) is 0 Å². The van der Waals surface area contributed by atoms with Crippen molar-refractivity contribution in [2.24, 2.45) is 7.05 Å². The van der Waals surface area contributed by atoms with Crippen LogP contribution in [0, 0.1) is 0 Å². The van der Waals surface area contributed by atoms with Gasteiger partial charge in [0.2, 0.25) is 5.89 Å². The maximum absolute atomic E-state index is 5.96. The minimum atomic E-state index is 0.101. The number of rotatable bonds is 3. The SMILES string of the molecule is Cn1c2ccccc2c2nnc(OCc3nc4ccc(Cl)cc4o3)nc21. The average Bonchev–Trinajstić information content (AvgIpc) is 3.19. The quantitative estimate of drug-likeness (QED) is 0.482. The molecule has 8 heteroatoms. The Hall–Kier alpha value is -3.19. The van der Waals surface area contributed by atoms with Gasteiger partial charge in [-0.15, -0.1) is 5.10 Å². The van der Waals surface area contributed by atoms with Crippen molar-refractivity contribution in [3.8, 4) is 6.01 Å². The van der Waals surface area contributed by atoms with Crippen LogP contribution in [0.4, 0.5) is 0 Å². The number of fused-ring (bicyclic) bond motifs is 4. The number of halogens is 1. The van der Waals surface area contributed by atoms with Crippen LogP contribution in [-0.4, -0.2) is 24.7 Å². The van der Waals surface area contributed by atoms with Gasteiger partial charge < -0.3 is 13.7 Å². The Labute approximate surface area is 152 Å². The standard InChI is InChI=1S/C18H12ClN5O2/c1-24-13-5-3-2-4-11(13)16-17(24)21-18(23-22-16)25-9-15-20-12-7-6-10(19)8-14(12)26-15/h2-8H,9H2,1H3. The summed E-state index contributed by atoms with van der Waals surface area (Å²) in [5.74, 6) is 0.419. The Morgan fingerprint density at radius 2 is 2.00 bits per heavy atom. The summed E-state index contributed by atoms with van der Waals surface area (Å²) in [5.41, 5.74) is 3.82. The summed E-state index contributed by atoms with van der Waals surface area (Å²) in [7, 11) is 1.94. The highest BCUT2D eigenvalue weighted by molar-refractivity contribution is 6.31. The van der Waals surface area contributed by atoms with Crippen molar-refractivity contribution in [2.45, 2.75) is 6.61 Å². The molecule has 0 spiro atoms. The van der Waals surface area contributed by atoms with Gasteiger partial charge in [-0.05, 0) is 18.2 Å². The van der Waals surface area contributed by atoms with E-state index >= 15 is 0 Å². The van der Waals surface area contributed by atoms with E-state index in [0.717, 1.165) is 21.9 Å². The molecule has 0 unspecified atom stereocenters. The molecule has 5 aromatic rings. The number of benzene rings is 2. The topological polar surface area (TPSA) is 78.9 Å². The Morgan fingerprint density at radius 1 is 1.12 bits per heavy atom. The number of oxazole rings is 1. The van der Waals surface area contributed by atoms with E-state index in [4.69, 9.17) is 20.8 Å². The smallest absolute Gasteiger partial charge is 0.338 e. The minimum absolute atomic E-state index is 0.101. The van der Waals surface area contributed by atoms with Crippen LogP contribution in [-0.2, 0) is 13.7 Å². The summed E-state index contributed by atoms with van der Waals surface area (Å²) in [6.45, 7) is 0.101. The van der Waals surface area contributed by atoms with E-state index in [9.17, 15) is 0 Å². The molecule has 0 aliphatic heterocycles. The summed E-state index contributed by atoms with van der Waals surface area (Å²) < 4.78 is 13.2. The molecule has 7 nitrogen and oxygen atoms in total. The monoisotopic (exact) mass is 365 g/mol. The van der Waals surface area contributed by atoms with Crippen LogP contribution in [0.25, 0.3) is 33.2 Å². The number of nitrogens with zero attached hydrogens (tertiary/aromatic N) is 5. The second-order valence-electron chi connectivity index (χ2n) is 5.85. The second-order valence-corrected chi connectivity index (χ2v) is 6.29. The number of aryl methyl sites for hydroxylation is 1. The summed E-state index contributed by atoms with van der Waals surface area (Å²) in [4.78, 5) is 8.82. The Bertz CT molecular complexity index is 1280. The van der Waals surface area contributed by atoms with Gasteiger partial charge in [-0.1, -0.05) is 34.9 Å². The van der Waals surface area contributed by atoms with Gasteiger partial charge in [-0.3, -0.25) is 0 Å². The van der Waals surface area contributed by atoms with Gasteiger partial charge >= 0.3 is 6.01 Å². The molecule has 2 aromatic carbocycles. The minimum Gasteiger partial charge on any atom is -0.452 e. The lowest BCUT2D eigenvalue weighted by Gasteiger charge is -2.01. The van der Waals surface area contributed by atoms with E-state index in [2.05, 4.69) is 20.2 Å². The Balaban J connectivity index is 1.47. The zero-order valence-electron chi connectivity index (χ0n) is 13.7. The van der Waals surface area contributed by atoms with E-state index in [1.807, 2.05) is 35.9 Å². The largest absolute Gasteiger partial charge is 0.452 e. The first-order valence-corrected chi connectivity index (χ1v) is 8.32. The fourth-order valence-corrected chi connectivity index (χ4v) is 3.15. The molecule has 0 N–H and O–H groups in total. The van der Waals surface area contributed by atoms with Crippen molar-refractivity contribution in [3.05, 3.63) is 53.4 Å². The maximum atomic E-state index is 5.96. The number of ether oxygens (including phenoxy) is 1. The van der Waals surface area contributed by atoms with E-state index in [1.54, 1.807) is 18.2 Å². The van der Waals surface area contributed by atoms with Gasteiger partial charge in [-0.25, -0.2) is 4.98 Å². The van der Waals surface area contributed by atoms with E-state index in [-0.39, 0.29) is 12.6 Å². The highest BCUT2D eigenvalue weighted by atomic mass is 35.5. The first-order chi connectivity index (χ1) is 12.7. The van der Waals surface area contributed by atoms with Crippen LogP contribution in [0.1, 0.15) is 5.89 Å². The molecule has 0 fully saturated rings. The van der Waals surface area contributed by atoms with Crippen LogP contribution < -0.4 is 4.74 Å². The third-order valence-electron chi connectivity index (χ3n) is 4.21. The molecule has 128 valence electrons. The van der Waals surface area contributed by atoms with Crippen LogP contribution in [0.3, 0.4) is 0 Å². The first-order valence-electron chi connectivity index (χ1n) is 7.95. The molecular weight excluding hydrogens is 354 g/mol. The van der Waals surface area contributed by atoms with E-state index in [1.165, 1.54) is 0 Å². The fourth-order valence-electron chi connectivity index (χ4n) is 2.99. The van der Waals surface area contributed by atoms with Crippen molar-refractivity contribution in [2.75, 3.05) is 0 Å². The van der Waals surface area contributed by atoms with Gasteiger partial charge in [-0.2, -0.15) is 4.98 Å². The molecular formula is C18H12ClN5O2. The van der Waals surface area contributed by atoms with Crippen molar-refractivity contribution >= 4 is 44.8 Å². The Kier molecular flexibility index (Phi) is 3.29. The molecule has 0 saturated carbocycles. The lowest BCUT2D eigenvalue weighted by molar-refractivity contribution is 0.245. The molecule has 0 bridgehead atoms. The van der Waals surface area contributed by atoms with Crippen LogP contribution in [0.2, 0.25) is 5.02 Å². The highest BCUT2D eigenvalue weighted by Crippen LogP contribution is 2.25. The lowest BCUT2D eigenvalue weighted by atomic mass is 10.2. The van der Waals surface area contributed by atoms with Crippen molar-refractivity contribution in [1.82, 2.24) is 24.7 Å². The van der Waals surface area contributed by atoms with Gasteiger partial charge in [0.15, 0.2) is 17.8 Å². The molecule has 26 heavy (non-hydrogen) atoms. The zero-order valence-corrected chi connectivity index (χ0v) is 14.4. The summed E-state index contributed by atoms with van der Waals surface area (Å²) in [6.07, 6.45) is 0. The molecule has 0 radical (unpaired) electrons. The molecule has 5 rings (SSSR count). The predicted molar refractivity (Wildman–Crippen MR) is 97.2 cm³/mol. The molecule has 3 aromatic heterocycles. The summed E-state index contributed by atoms with van der Waals surface area (Å²) in [6, 6.07) is 13.4.